The van der Waals surface area contributed by atoms with Gasteiger partial charge in [0.2, 0.25) is 0 Å². The van der Waals surface area contributed by atoms with Crippen LogP contribution in [0.2, 0.25) is 0 Å². The highest BCUT2D eigenvalue weighted by Crippen LogP contribution is 2.29. The summed E-state index contributed by atoms with van der Waals surface area (Å²) in [5.41, 5.74) is 0. The second kappa shape index (κ2) is 6.85. The lowest BCUT2D eigenvalue weighted by Gasteiger charge is -2.37. The van der Waals surface area contributed by atoms with Crippen molar-refractivity contribution in [1.29, 1.82) is 0 Å². The highest BCUT2D eigenvalue weighted by atomic mass is 79.9. The Morgan fingerprint density at radius 2 is 1.74 bits per heavy atom. The molecule has 1 saturated heterocycles. The van der Waals surface area contributed by atoms with Crippen LogP contribution in [0.4, 0.5) is 0 Å². The molecule has 1 aliphatic rings. The molecule has 1 aliphatic heterocycles. The van der Waals surface area contributed by atoms with E-state index in [1.807, 2.05) is 0 Å². The zero-order chi connectivity index (χ0) is 14.6. The predicted octanol–water partition coefficient (Wildman–Crippen LogP) is 0.533. The fraction of sp³-hybridized carbons (Fsp3) is 0.727. The number of hydrogen-bond acceptors (Lipinski definition) is 7. The minimum Gasteiger partial charge on any atom is -0.467 e. The molecule has 19 heavy (non-hydrogen) atoms. The van der Waals surface area contributed by atoms with Crippen molar-refractivity contribution < 1.29 is 33.3 Å². The smallest absolute Gasteiger partial charge is 0.339 e. The van der Waals surface area contributed by atoms with Crippen LogP contribution in [0.1, 0.15) is 20.3 Å². The highest BCUT2D eigenvalue weighted by Gasteiger charge is 2.46. The molecule has 0 bridgehead atoms. The zero-order valence-corrected chi connectivity index (χ0v) is 12.3. The summed E-state index contributed by atoms with van der Waals surface area (Å²) in [5, 5.41) is -0.507. The minimum absolute atomic E-state index is 0.255. The van der Waals surface area contributed by atoms with Crippen LogP contribution >= 0.6 is 15.9 Å². The number of methoxy groups -OCH3 is 1. The van der Waals surface area contributed by atoms with Crippen LogP contribution in [0, 0.1) is 0 Å². The first-order chi connectivity index (χ1) is 8.85. The van der Waals surface area contributed by atoms with Crippen LogP contribution in [0.5, 0.6) is 0 Å². The summed E-state index contributed by atoms with van der Waals surface area (Å²) < 4.78 is 20.0. The maximum atomic E-state index is 11.6. The van der Waals surface area contributed by atoms with Gasteiger partial charge in [-0.05, 0) is 0 Å². The number of carbonyl (C=O) groups is 3. The first-order valence-electron chi connectivity index (χ1n) is 5.57. The molecule has 108 valence electrons. The normalized spacial score (nSPS) is 30.3. The number of ether oxygens (including phenoxy) is 4. The molecule has 0 spiro atoms. The molecule has 0 aromatic heterocycles. The monoisotopic (exact) mass is 338 g/mol. The van der Waals surface area contributed by atoms with Gasteiger partial charge in [0.15, 0.2) is 12.2 Å². The molecule has 1 fully saturated rings. The zero-order valence-electron chi connectivity index (χ0n) is 10.8. The first-order valence-corrected chi connectivity index (χ1v) is 6.48. The molecule has 8 heteroatoms. The fourth-order valence-corrected chi connectivity index (χ4v) is 2.37. The Morgan fingerprint density at radius 1 is 1.16 bits per heavy atom. The van der Waals surface area contributed by atoms with E-state index in [2.05, 4.69) is 20.7 Å². The van der Waals surface area contributed by atoms with Gasteiger partial charge in [0.25, 0.3) is 0 Å². The van der Waals surface area contributed by atoms with E-state index in [-0.39, 0.29) is 6.42 Å². The van der Waals surface area contributed by atoms with Gasteiger partial charge in [-0.1, -0.05) is 15.9 Å². The number of halogens is 1. The van der Waals surface area contributed by atoms with E-state index in [9.17, 15) is 14.4 Å². The Kier molecular flexibility index (Phi) is 5.74. The van der Waals surface area contributed by atoms with Gasteiger partial charge in [0.1, 0.15) is 11.1 Å². The predicted molar refractivity (Wildman–Crippen MR) is 65.3 cm³/mol. The van der Waals surface area contributed by atoms with E-state index < -0.39 is 41.2 Å². The third-order valence-electron chi connectivity index (χ3n) is 2.43. The summed E-state index contributed by atoms with van der Waals surface area (Å²) in [6.45, 7) is 2.43. The van der Waals surface area contributed by atoms with Crippen LogP contribution in [0.15, 0.2) is 0 Å². The highest BCUT2D eigenvalue weighted by molar-refractivity contribution is 9.09. The molecule has 4 atom stereocenters. The average Bonchev–Trinajstić information content (AvgIpc) is 2.30. The van der Waals surface area contributed by atoms with Crippen molar-refractivity contribution in [2.24, 2.45) is 0 Å². The van der Waals surface area contributed by atoms with Crippen molar-refractivity contribution in [2.75, 3.05) is 7.11 Å². The van der Waals surface area contributed by atoms with E-state index >= 15 is 0 Å². The molecule has 1 heterocycles. The summed E-state index contributed by atoms with van der Waals surface area (Å²) >= 11 is 3.19. The molecule has 0 aromatic rings. The quantitative estimate of drug-likeness (QED) is 0.421. The van der Waals surface area contributed by atoms with Crippen LogP contribution in [-0.4, -0.2) is 48.3 Å². The number of rotatable bonds is 3. The van der Waals surface area contributed by atoms with Gasteiger partial charge in [-0.2, -0.15) is 0 Å². The van der Waals surface area contributed by atoms with Gasteiger partial charge in [0.05, 0.1) is 7.11 Å². The summed E-state index contributed by atoms with van der Waals surface area (Å²) in [6, 6.07) is 0. The topological polar surface area (TPSA) is 88.1 Å². The van der Waals surface area contributed by atoms with E-state index in [0.29, 0.717) is 0 Å². The first kappa shape index (κ1) is 15.9. The molecule has 0 aliphatic carbocycles. The van der Waals surface area contributed by atoms with Crippen molar-refractivity contribution in [3.63, 3.8) is 0 Å². The number of alkyl halides is 1. The Morgan fingerprint density at radius 3 is 2.21 bits per heavy atom. The largest absolute Gasteiger partial charge is 0.467 e. The van der Waals surface area contributed by atoms with E-state index in [4.69, 9.17) is 14.2 Å². The molecule has 0 amide bonds. The summed E-state index contributed by atoms with van der Waals surface area (Å²) in [6.07, 6.45) is -2.69. The van der Waals surface area contributed by atoms with E-state index in [1.165, 1.54) is 21.0 Å². The molecule has 0 N–H and O–H groups in total. The van der Waals surface area contributed by atoms with Crippen molar-refractivity contribution in [2.45, 2.75) is 43.6 Å². The lowest BCUT2D eigenvalue weighted by atomic mass is 10.0. The second-order valence-corrected chi connectivity index (χ2v) is 4.97. The van der Waals surface area contributed by atoms with Crippen LogP contribution in [-0.2, 0) is 33.3 Å². The van der Waals surface area contributed by atoms with Gasteiger partial charge in [-0.25, -0.2) is 4.79 Å². The number of hydrogen-bond donors (Lipinski definition) is 0. The molecular formula is C11H15BrO7. The molecule has 0 saturated carbocycles. The third-order valence-corrected chi connectivity index (χ3v) is 3.02. The lowest BCUT2D eigenvalue weighted by Crippen LogP contribution is -2.54. The maximum absolute atomic E-state index is 11.6. The average molecular weight is 339 g/mol. The Hall–Kier alpha value is -1.15. The van der Waals surface area contributed by atoms with E-state index in [0.717, 1.165) is 0 Å². The van der Waals surface area contributed by atoms with Crippen LogP contribution in [0.3, 0.4) is 0 Å². The van der Waals surface area contributed by atoms with Crippen molar-refractivity contribution in [3.05, 3.63) is 0 Å². The standard InChI is InChI=1S/C11H15BrO7/c1-5(13)17-7-4-8(12)19-10(11(15)16-3)9(7)18-6(2)14/h7-10H,4H2,1-3H3/t7-,8-,9+,10+/m1/s1. The SMILES string of the molecule is COC(=O)[C@H]1O[C@@H](Br)C[C@@H](OC(C)=O)[C@@H]1OC(C)=O. The fourth-order valence-electron chi connectivity index (χ4n) is 1.77. The van der Waals surface area contributed by atoms with Crippen molar-refractivity contribution in [3.8, 4) is 0 Å². The Bertz CT molecular complexity index is 370. The van der Waals surface area contributed by atoms with Gasteiger partial charge in [-0.3, -0.25) is 9.59 Å². The van der Waals surface area contributed by atoms with Crippen molar-refractivity contribution in [1.82, 2.24) is 0 Å². The number of esters is 3. The van der Waals surface area contributed by atoms with Gasteiger partial charge >= 0.3 is 17.9 Å². The third kappa shape index (κ3) is 4.46. The molecule has 0 radical (unpaired) electrons. The minimum atomic E-state index is -1.14. The van der Waals surface area contributed by atoms with Gasteiger partial charge in [-0.15, -0.1) is 0 Å². The van der Waals surface area contributed by atoms with Crippen molar-refractivity contribution >= 4 is 33.8 Å². The molecular weight excluding hydrogens is 324 g/mol. The number of carbonyl (C=O) groups excluding carboxylic acids is 3. The maximum Gasteiger partial charge on any atom is 0.339 e. The second-order valence-electron chi connectivity index (χ2n) is 3.95. The summed E-state index contributed by atoms with van der Waals surface area (Å²) in [4.78, 5) is 33.8. The van der Waals surface area contributed by atoms with Crippen LogP contribution < -0.4 is 0 Å². The summed E-state index contributed by atoms with van der Waals surface area (Å²) in [5.74, 6) is -1.84. The molecule has 7 nitrogen and oxygen atoms in total. The molecule has 1 rings (SSSR count). The summed E-state index contributed by atoms with van der Waals surface area (Å²) in [7, 11) is 1.19. The van der Waals surface area contributed by atoms with E-state index in [1.54, 1.807) is 0 Å². The van der Waals surface area contributed by atoms with Gasteiger partial charge < -0.3 is 18.9 Å². The van der Waals surface area contributed by atoms with Gasteiger partial charge in [0, 0.05) is 20.3 Å². The van der Waals surface area contributed by atoms with Crippen LogP contribution in [0.25, 0.3) is 0 Å². The Balaban J connectivity index is 2.94. The Labute approximate surface area is 118 Å². The molecule has 0 unspecified atom stereocenters. The molecule has 0 aromatic carbocycles. The lowest BCUT2D eigenvalue weighted by molar-refractivity contribution is -0.205.